The van der Waals surface area contributed by atoms with Crippen LogP contribution in [0, 0.1) is 13.8 Å². The van der Waals surface area contributed by atoms with Crippen LogP contribution in [0.15, 0.2) is 33.9 Å². The number of aryl methyl sites for hydroxylation is 2. The van der Waals surface area contributed by atoms with Crippen molar-refractivity contribution in [3.63, 3.8) is 0 Å². The number of imidazole rings is 1. The first-order valence-electron chi connectivity index (χ1n) is 9.03. The van der Waals surface area contributed by atoms with Crippen molar-refractivity contribution in [3.05, 3.63) is 41.5 Å². The van der Waals surface area contributed by atoms with E-state index in [4.69, 9.17) is 4.52 Å². The lowest BCUT2D eigenvalue weighted by Crippen LogP contribution is -2.46. The fourth-order valence-electron chi connectivity index (χ4n) is 3.56. The van der Waals surface area contributed by atoms with Gasteiger partial charge in [0.25, 0.3) is 5.91 Å². The lowest BCUT2D eigenvalue weighted by atomic mass is 10.1. The molecule has 3 heterocycles. The maximum atomic E-state index is 12.9. The summed E-state index contributed by atoms with van der Waals surface area (Å²) >= 11 is 0. The number of rotatable bonds is 4. The fourth-order valence-corrected chi connectivity index (χ4v) is 5.32. The van der Waals surface area contributed by atoms with Gasteiger partial charge in [0.1, 0.15) is 10.6 Å². The lowest BCUT2D eigenvalue weighted by Gasteiger charge is -2.31. The molecular formula is C18H21N5O4S. The van der Waals surface area contributed by atoms with E-state index in [9.17, 15) is 13.2 Å². The molecule has 0 bridgehead atoms. The molecule has 10 heteroatoms. The molecule has 1 aromatic carbocycles. The predicted molar refractivity (Wildman–Crippen MR) is 101 cm³/mol. The highest BCUT2D eigenvalue weighted by molar-refractivity contribution is 7.89. The molecule has 1 saturated heterocycles. The van der Waals surface area contributed by atoms with Gasteiger partial charge in [-0.25, -0.2) is 13.4 Å². The molecule has 0 atom stereocenters. The Hall–Kier alpha value is -2.72. The molecule has 9 nitrogen and oxygen atoms in total. The molecule has 0 aliphatic carbocycles. The first kappa shape index (κ1) is 18.6. The van der Waals surface area contributed by atoms with Gasteiger partial charge in [-0.1, -0.05) is 5.16 Å². The van der Waals surface area contributed by atoms with Gasteiger partial charge in [0.2, 0.25) is 10.0 Å². The standard InChI is InChI=1S/C18H21N5O4S/c1-11-17(12(2)27-22-11)28(25,26)23-7-5-14(6-8-23)21-18(24)13-3-4-15-16(9-13)20-10-19-15/h3-4,9-10,14H,5-8H2,1-2H3,(H,19,20)(H,21,24). The van der Waals surface area contributed by atoms with Gasteiger partial charge in [0, 0.05) is 24.7 Å². The van der Waals surface area contributed by atoms with Gasteiger partial charge in [-0.15, -0.1) is 0 Å². The van der Waals surface area contributed by atoms with E-state index in [0.717, 1.165) is 11.0 Å². The van der Waals surface area contributed by atoms with Gasteiger partial charge in [-0.3, -0.25) is 4.79 Å². The maximum absolute atomic E-state index is 12.9. The number of aromatic nitrogens is 3. The second-order valence-electron chi connectivity index (χ2n) is 6.94. The second-order valence-corrected chi connectivity index (χ2v) is 8.81. The number of carbonyl (C=O) groups is 1. The Labute approximate surface area is 162 Å². The summed E-state index contributed by atoms with van der Waals surface area (Å²) in [5.74, 6) is 0.116. The van der Waals surface area contributed by atoms with Crippen LogP contribution in [-0.2, 0) is 10.0 Å². The SMILES string of the molecule is Cc1noc(C)c1S(=O)(=O)N1CCC(NC(=O)c2ccc3nc[nH]c3c2)CC1. The van der Waals surface area contributed by atoms with E-state index in [1.807, 2.05) is 0 Å². The van der Waals surface area contributed by atoms with E-state index >= 15 is 0 Å². The predicted octanol–water partition coefficient (Wildman–Crippen LogP) is 1.75. The minimum absolute atomic E-state index is 0.0823. The summed E-state index contributed by atoms with van der Waals surface area (Å²) in [6.07, 6.45) is 2.67. The minimum Gasteiger partial charge on any atom is -0.360 e. The van der Waals surface area contributed by atoms with Crippen LogP contribution >= 0.6 is 0 Å². The summed E-state index contributed by atoms with van der Waals surface area (Å²) in [5.41, 5.74) is 2.51. The summed E-state index contributed by atoms with van der Waals surface area (Å²) in [4.78, 5) is 19.8. The van der Waals surface area contributed by atoms with E-state index in [-0.39, 0.29) is 16.8 Å². The Morgan fingerprint density at radius 2 is 2.04 bits per heavy atom. The zero-order valence-electron chi connectivity index (χ0n) is 15.6. The van der Waals surface area contributed by atoms with Gasteiger partial charge < -0.3 is 14.8 Å². The molecule has 1 fully saturated rings. The highest BCUT2D eigenvalue weighted by Crippen LogP contribution is 2.26. The van der Waals surface area contributed by atoms with E-state index in [1.165, 1.54) is 4.31 Å². The van der Waals surface area contributed by atoms with Crippen LogP contribution in [0.2, 0.25) is 0 Å². The van der Waals surface area contributed by atoms with Crippen LogP contribution in [-0.4, -0.2) is 52.9 Å². The minimum atomic E-state index is -3.65. The maximum Gasteiger partial charge on any atom is 0.251 e. The molecule has 3 aromatic rings. The van der Waals surface area contributed by atoms with Crippen molar-refractivity contribution < 1.29 is 17.7 Å². The Kier molecular flexibility index (Phi) is 4.68. The van der Waals surface area contributed by atoms with Gasteiger partial charge in [-0.05, 0) is 44.9 Å². The van der Waals surface area contributed by atoms with E-state index in [0.29, 0.717) is 42.9 Å². The third-order valence-corrected chi connectivity index (χ3v) is 7.18. The van der Waals surface area contributed by atoms with Gasteiger partial charge >= 0.3 is 0 Å². The Balaban J connectivity index is 1.40. The number of hydrogen-bond acceptors (Lipinski definition) is 6. The molecule has 4 rings (SSSR count). The van der Waals surface area contributed by atoms with Crippen LogP contribution in [0.25, 0.3) is 11.0 Å². The van der Waals surface area contributed by atoms with E-state index in [1.54, 1.807) is 38.4 Å². The van der Waals surface area contributed by atoms with Gasteiger partial charge in [-0.2, -0.15) is 4.31 Å². The number of H-pyrrole nitrogens is 1. The molecule has 0 saturated carbocycles. The summed E-state index contributed by atoms with van der Waals surface area (Å²) in [6.45, 7) is 3.87. The first-order chi connectivity index (χ1) is 13.4. The van der Waals surface area contributed by atoms with Crippen molar-refractivity contribution in [1.82, 2.24) is 24.7 Å². The van der Waals surface area contributed by atoms with Crippen molar-refractivity contribution in [2.75, 3.05) is 13.1 Å². The largest absolute Gasteiger partial charge is 0.360 e. The van der Waals surface area contributed by atoms with Crippen LogP contribution in [0.3, 0.4) is 0 Å². The normalized spacial score (nSPS) is 16.5. The quantitative estimate of drug-likeness (QED) is 0.684. The van der Waals surface area contributed by atoms with E-state index in [2.05, 4.69) is 20.4 Å². The summed E-state index contributed by atoms with van der Waals surface area (Å²) in [5, 5.41) is 6.73. The monoisotopic (exact) mass is 403 g/mol. The van der Waals surface area contributed by atoms with Crippen molar-refractivity contribution in [3.8, 4) is 0 Å². The third-order valence-electron chi connectivity index (χ3n) is 5.04. The number of piperidine rings is 1. The number of aromatic amines is 1. The summed E-state index contributed by atoms with van der Waals surface area (Å²) in [7, 11) is -3.65. The highest BCUT2D eigenvalue weighted by Gasteiger charge is 2.34. The number of nitrogens with one attached hydrogen (secondary N) is 2. The molecule has 1 aliphatic rings. The molecule has 0 spiro atoms. The topological polar surface area (TPSA) is 121 Å². The number of hydrogen-bond donors (Lipinski definition) is 2. The van der Waals surface area contributed by atoms with Crippen LogP contribution < -0.4 is 5.32 Å². The van der Waals surface area contributed by atoms with Crippen LogP contribution in [0.5, 0.6) is 0 Å². The zero-order valence-corrected chi connectivity index (χ0v) is 16.4. The molecule has 148 valence electrons. The average Bonchev–Trinajstić information content (AvgIpc) is 3.27. The average molecular weight is 403 g/mol. The first-order valence-corrected chi connectivity index (χ1v) is 10.5. The molecule has 0 radical (unpaired) electrons. The number of fused-ring (bicyclic) bond motifs is 1. The fraction of sp³-hybridized carbons (Fsp3) is 0.389. The third kappa shape index (κ3) is 3.29. The van der Waals surface area contributed by atoms with Gasteiger partial charge in [0.05, 0.1) is 17.4 Å². The smallest absolute Gasteiger partial charge is 0.251 e. The molecule has 2 N–H and O–H groups in total. The highest BCUT2D eigenvalue weighted by atomic mass is 32.2. The number of carbonyl (C=O) groups excluding carboxylic acids is 1. The molecule has 2 aromatic heterocycles. The van der Waals surface area contributed by atoms with Crippen molar-refractivity contribution in [2.45, 2.75) is 37.6 Å². The molecule has 28 heavy (non-hydrogen) atoms. The summed E-state index contributed by atoms with van der Waals surface area (Å²) in [6, 6.07) is 5.20. The molecule has 1 aliphatic heterocycles. The Bertz CT molecular complexity index is 1110. The number of amides is 1. The molecule has 0 unspecified atom stereocenters. The molecular weight excluding hydrogens is 382 g/mol. The van der Waals surface area contributed by atoms with Crippen LogP contribution in [0.4, 0.5) is 0 Å². The van der Waals surface area contributed by atoms with Crippen LogP contribution in [0.1, 0.15) is 34.7 Å². The van der Waals surface area contributed by atoms with Crippen molar-refractivity contribution in [2.24, 2.45) is 0 Å². The van der Waals surface area contributed by atoms with Crippen molar-refractivity contribution in [1.29, 1.82) is 0 Å². The number of nitrogens with zero attached hydrogens (tertiary/aromatic N) is 3. The molecule has 1 amide bonds. The van der Waals surface area contributed by atoms with Gasteiger partial charge in [0.15, 0.2) is 5.76 Å². The summed E-state index contributed by atoms with van der Waals surface area (Å²) < 4.78 is 32.2. The van der Waals surface area contributed by atoms with Crippen molar-refractivity contribution >= 4 is 27.0 Å². The Morgan fingerprint density at radius 1 is 1.29 bits per heavy atom. The second kappa shape index (κ2) is 7.02. The van der Waals surface area contributed by atoms with E-state index < -0.39 is 10.0 Å². The number of benzene rings is 1. The number of sulfonamides is 1. The lowest BCUT2D eigenvalue weighted by molar-refractivity contribution is 0.0924. The Morgan fingerprint density at radius 3 is 2.71 bits per heavy atom. The zero-order chi connectivity index (χ0) is 19.9.